The van der Waals surface area contributed by atoms with Crippen LogP contribution in [0.4, 0.5) is 5.82 Å². The lowest BCUT2D eigenvalue weighted by Crippen LogP contribution is -2.10. The highest BCUT2D eigenvalue weighted by Gasteiger charge is 2.11. The number of nitrogens with zero attached hydrogens (tertiary/aromatic N) is 5. The summed E-state index contributed by atoms with van der Waals surface area (Å²) in [5.74, 6) is 6.63. The molecule has 0 saturated carbocycles. The van der Waals surface area contributed by atoms with E-state index < -0.39 is 0 Å². The van der Waals surface area contributed by atoms with Crippen molar-refractivity contribution in [3.8, 4) is 22.6 Å². The molecule has 0 spiro atoms. The van der Waals surface area contributed by atoms with Crippen LogP contribution in [0, 0.1) is 6.92 Å². The molecule has 7 nitrogen and oxygen atoms in total. The van der Waals surface area contributed by atoms with Gasteiger partial charge in [0.1, 0.15) is 5.82 Å². The molecule has 0 aliphatic carbocycles. The van der Waals surface area contributed by atoms with Gasteiger partial charge in [-0.2, -0.15) is 5.10 Å². The molecule has 0 unspecified atom stereocenters. The van der Waals surface area contributed by atoms with Gasteiger partial charge in [-0.3, -0.25) is 9.67 Å². The fraction of sp³-hybridized carbons (Fsp3) is 0.143. The SMILES string of the molecule is Cc1ccncc1-c1nc(NN)cc(-c2cnn(C)c2)n1. The number of hydrogen-bond donors (Lipinski definition) is 2. The maximum Gasteiger partial charge on any atom is 0.164 e. The van der Waals surface area contributed by atoms with Gasteiger partial charge < -0.3 is 5.43 Å². The zero-order valence-electron chi connectivity index (χ0n) is 11.8. The summed E-state index contributed by atoms with van der Waals surface area (Å²) in [6, 6.07) is 3.71. The van der Waals surface area contributed by atoms with Crippen LogP contribution in [0.15, 0.2) is 36.9 Å². The van der Waals surface area contributed by atoms with Crippen molar-refractivity contribution in [3.63, 3.8) is 0 Å². The van der Waals surface area contributed by atoms with Crippen LogP contribution in [0.3, 0.4) is 0 Å². The van der Waals surface area contributed by atoms with Crippen molar-refractivity contribution in [1.29, 1.82) is 0 Å². The maximum absolute atomic E-state index is 5.51. The van der Waals surface area contributed by atoms with Gasteiger partial charge in [0, 0.05) is 42.8 Å². The average molecular weight is 281 g/mol. The van der Waals surface area contributed by atoms with Crippen LogP contribution in [0.2, 0.25) is 0 Å². The van der Waals surface area contributed by atoms with Crippen LogP contribution >= 0.6 is 0 Å². The number of aromatic nitrogens is 5. The van der Waals surface area contributed by atoms with Crippen molar-refractivity contribution < 1.29 is 0 Å². The molecule has 3 aromatic rings. The monoisotopic (exact) mass is 281 g/mol. The van der Waals surface area contributed by atoms with Gasteiger partial charge in [-0.25, -0.2) is 15.8 Å². The first kappa shape index (κ1) is 13.2. The first-order valence-electron chi connectivity index (χ1n) is 6.43. The molecule has 0 aliphatic rings. The molecule has 0 radical (unpaired) electrons. The molecule has 3 rings (SSSR count). The highest BCUT2D eigenvalue weighted by Crippen LogP contribution is 2.25. The van der Waals surface area contributed by atoms with Gasteiger partial charge in [-0.1, -0.05) is 0 Å². The number of hydrazine groups is 1. The highest BCUT2D eigenvalue weighted by molar-refractivity contribution is 5.67. The summed E-state index contributed by atoms with van der Waals surface area (Å²) in [6.07, 6.45) is 7.13. The van der Waals surface area contributed by atoms with Gasteiger partial charge in [0.05, 0.1) is 11.9 Å². The normalized spacial score (nSPS) is 10.6. The van der Waals surface area contributed by atoms with E-state index in [0.717, 1.165) is 22.4 Å². The third-order valence-corrected chi connectivity index (χ3v) is 3.15. The Balaban J connectivity index is 2.16. The molecule has 3 N–H and O–H groups in total. The minimum atomic E-state index is 0.544. The van der Waals surface area contributed by atoms with Gasteiger partial charge >= 0.3 is 0 Å². The van der Waals surface area contributed by atoms with Crippen LogP contribution in [0.25, 0.3) is 22.6 Å². The van der Waals surface area contributed by atoms with Gasteiger partial charge in [-0.05, 0) is 18.6 Å². The molecule has 0 fully saturated rings. The van der Waals surface area contributed by atoms with E-state index in [1.54, 1.807) is 29.3 Å². The van der Waals surface area contributed by atoms with Crippen molar-refractivity contribution in [2.45, 2.75) is 6.92 Å². The fourth-order valence-electron chi connectivity index (χ4n) is 2.04. The number of rotatable bonds is 3. The molecule has 0 amide bonds. The number of nitrogens with one attached hydrogen (secondary N) is 1. The topological polar surface area (TPSA) is 94.5 Å². The largest absolute Gasteiger partial charge is 0.308 e. The van der Waals surface area contributed by atoms with E-state index in [2.05, 4.69) is 25.5 Å². The fourth-order valence-corrected chi connectivity index (χ4v) is 2.04. The summed E-state index contributed by atoms with van der Waals surface area (Å²) in [4.78, 5) is 13.1. The highest BCUT2D eigenvalue weighted by atomic mass is 15.3. The Bertz CT molecular complexity index is 778. The summed E-state index contributed by atoms with van der Waals surface area (Å²) in [5, 5.41) is 4.16. The van der Waals surface area contributed by atoms with Crippen LogP contribution in [-0.4, -0.2) is 24.7 Å². The molecule has 3 heterocycles. The Labute approximate surface area is 121 Å². The molecular weight excluding hydrogens is 266 g/mol. The third kappa shape index (κ3) is 2.59. The lowest BCUT2D eigenvalue weighted by molar-refractivity contribution is 0.768. The van der Waals surface area contributed by atoms with E-state index in [-0.39, 0.29) is 0 Å². The van der Waals surface area contributed by atoms with E-state index in [1.165, 1.54) is 0 Å². The maximum atomic E-state index is 5.51. The number of anilines is 1. The van der Waals surface area contributed by atoms with Crippen molar-refractivity contribution in [1.82, 2.24) is 24.7 Å². The summed E-state index contributed by atoms with van der Waals surface area (Å²) >= 11 is 0. The van der Waals surface area contributed by atoms with Gasteiger partial charge in [0.2, 0.25) is 0 Å². The summed E-state index contributed by atoms with van der Waals surface area (Å²) in [6.45, 7) is 1.99. The third-order valence-electron chi connectivity index (χ3n) is 3.15. The second-order valence-corrected chi connectivity index (χ2v) is 4.70. The molecule has 21 heavy (non-hydrogen) atoms. The lowest BCUT2D eigenvalue weighted by Gasteiger charge is -2.08. The van der Waals surface area contributed by atoms with Crippen molar-refractivity contribution in [3.05, 3.63) is 42.5 Å². The smallest absolute Gasteiger partial charge is 0.164 e. The van der Waals surface area contributed by atoms with E-state index in [9.17, 15) is 0 Å². The Morgan fingerprint density at radius 1 is 1.24 bits per heavy atom. The first-order chi connectivity index (χ1) is 10.2. The minimum absolute atomic E-state index is 0.544. The van der Waals surface area contributed by atoms with Gasteiger partial charge in [-0.15, -0.1) is 0 Å². The molecular formula is C14H15N7. The van der Waals surface area contributed by atoms with Gasteiger partial charge in [0.25, 0.3) is 0 Å². The lowest BCUT2D eigenvalue weighted by atomic mass is 10.1. The second kappa shape index (κ2) is 5.29. The number of nitrogen functional groups attached to an aromatic ring is 1. The van der Waals surface area contributed by atoms with Crippen LogP contribution in [-0.2, 0) is 7.05 Å². The van der Waals surface area contributed by atoms with Gasteiger partial charge in [0.15, 0.2) is 5.82 Å². The Morgan fingerprint density at radius 2 is 2.10 bits per heavy atom. The second-order valence-electron chi connectivity index (χ2n) is 4.70. The Morgan fingerprint density at radius 3 is 2.76 bits per heavy atom. The minimum Gasteiger partial charge on any atom is -0.308 e. The van der Waals surface area contributed by atoms with E-state index in [4.69, 9.17) is 5.84 Å². The standard InChI is InChI=1S/C14H15N7/c1-9-3-4-16-7-11(9)14-18-12(5-13(19-14)20-15)10-6-17-21(2)8-10/h3-8H,15H2,1-2H3,(H,18,19,20). The van der Waals surface area contributed by atoms with E-state index in [1.807, 2.05) is 26.2 Å². The Hall–Kier alpha value is -2.80. The van der Waals surface area contributed by atoms with Crippen molar-refractivity contribution in [2.75, 3.05) is 5.43 Å². The average Bonchev–Trinajstić information content (AvgIpc) is 2.94. The van der Waals surface area contributed by atoms with Crippen LogP contribution in [0.1, 0.15) is 5.56 Å². The predicted molar refractivity (Wildman–Crippen MR) is 80.0 cm³/mol. The number of hydrogen-bond acceptors (Lipinski definition) is 6. The summed E-state index contributed by atoms with van der Waals surface area (Å²) < 4.78 is 1.72. The molecule has 0 saturated heterocycles. The van der Waals surface area contributed by atoms with Crippen LogP contribution < -0.4 is 11.3 Å². The number of aryl methyl sites for hydroxylation is 2. The molecule has 0 bridgehead atoms. The molecule has 7 heteroatoms. The Kier molecular flexibility index (Phi) is 3.33. The zero-order valence-corrected chi connectivity index (χ0v) is 11.8. The van der Waals surface area contributed by atoms with E-state index >= 15 is 0 Å². The molecule has 106 valence electrons. The van der Waals surface area contributed by atoms with E-state index in [0.29, 0.717) is 11.6 Å². The quantitative estimate of drug-likeness (QED) is 0.558. The molecule has 3 aromatic heterocycles. The summed E-state index contributed by atoms with van der Waals surface area (Å²) in [7, 11) is 1.86. The van der Waals surface area contributed by atoms with Crippen LogP contribution in [0.5, 0.6) is 0 Å². The van der Waals surface area contributed by atoms with Crippen molar-refractivity contribution >= 4 is 5.82 Å². The molecule has 0 aliphatic heterocycles. The predicted octanol–water partition coefficient (Wildman–Crippen LogP) is 1.53. The first-order valence-corrected chi connectivity index (χ1v) is 6.43. The number of nitrogens with two attached hydrogens (primary N) is 1. The van der Waals surface area contributed by atoms with Crippen molar-refractivity contribution in [2.24, 2.45) is 12.9 Å². The summed E-state index contributed by atoms with van der Waals surface area (Å²) in [5.41, 5.74) is 6.16. The zero-order chi connectivity index (χ0) is 14.8. The number of pyridine rings is 1. The molecule has 0 atom stereocenters. The molecule has 0 aromatic carbocycles.